The van der Waals surface area contributed by atoms with Crippen molar-refractivity contribution in [3.05, 3.63) is 66.1 Å². The average molecular weight is 377 g/mol. The van der Waals surface area contributed by atoms with Gasteiger partial charge in [-0.25, -0.2) is 4.98 Å². The van der Waals surface area contributed by atoms with Gasteiger partial charge in [-0.15, -0.1) is 0 Å². The largest absolute Gasteiger partial charge is 0.440 e. The molecule has 1 fully saturated rings. The molecule has 1 saturated heterocycles. The summed E-state index contributed by atoms with van der Waals surface area (Å²) in [5.41, 5.74) is 2.89. The molecule has 0 bridgehead atoms. The summed E-state index contributed by atoms with van der Waals surface area (Å²) in [6, 6.07) is 17.8. The van der Waals surface area contributed by atoms with Crippen LogP contribution in [0.25, 0.3) is 11.1 Å². The zero-order valence-electron chi connectivity index (χ0n) is 16.5. The van der Waals surface area contributed by atoms with E-state index in [9.17, 15) is 4.79 Å². The van der Waals surface area contributed by atoms with E-state index in [4.69, 9.17) is 4.42 Å². The molecule has 2 aromatic carbocycles. The summed E-state index contributed by atoms with van der Waals surface area (Å²) in [5, 5.41) is 3.14. The van der Waals surface area contributed by atoms with E-state index in [1.54, 1.807) is 0 Å². The number of benzene rings is 2. The van der Waals surface area contributed by atoms with Gasteiger partial charge in [0.05, 0.1) is 12.1 Å². The van der Waals surface area contributed by atoms with E-state index in [-0.39, 0.29) is 18.0 Å². The SMILES string of the molecule is CC(NC(=O)C(C)N1CCC(c2nc3ccccc3o2)CC1)c1ccccc1. The molecule has 4 rings (SSSR count). The lowest BCUT2D eigenvalue weighted by Crippen LogP contribution is -2.48. The van der Waals surface area contributed by atoms with E-state index in [1.807, 2.05) is 68.4 Å². The second-order valence-corrected chi connectivity index (χ2v) is 7.65. The van der Waals surface area contributed by atoms with Crippen LogP contribution < -0.4 is 5.32 Å². The van der Waals surface area contributed by atoms with Crippen LogP contribution in [0, 0.1) is 0 Å². The van der Waals surface area contributed by atoms with Crippen LogP contribution >= 0.6 is 0 Å². The summed E-state index contributed by atoms with van der Waals surface area (Å²) in [6.07, 6.45) is 1.91. The minimum atomic E-state index is -0.143. The van der Waals surface area contributed by atoms with E-state index >= 15 is 0 Å². The molecule has 5 nitrogen and oxygen atoms in total. The molecular weight excluding hydrogens is 350 g/mol. The molecule has 1 aliphatic heterocycles. The van der Waals surface area contributed by atoms with Gasteiger partial charge in [-0.05, 0) is 57.5 Å². The Labute approximate surface area is 165 Å². The third kappa shape index (κ3) is 3.94. The van der Waals surface area contributed by atoms with E-state index in [1.165, 1.54) is 0 Å². The molecule has 146 valence electrons. The number of amides is 1. The molecule has 2 heterocycles. The van der Waals surface area contributed by atoms with E-state index in [2.05, 4.69) is 15.2 Å². The Balaban J connectivity index is 1.33. The molecule has 28 heavy (non-hydrogen) atoms. The first kappa shape index (κ1) is 18.7. The summed E-state index contributed by atoms with van der Waals surface area (Å²) in [6.45, 7) is 5.77. The number of oxazole rings is 1. The zero-order valence-corrected chi connectivity index (χ0v) is 16.5. The van der Waals surface area contributed by atoms with Crippen LogP contribution in [0.1, 0.15) is 50.1 Å². The van der Waals surface area contributed by atoms with E-state index < -0.39 is 0 Å². The van der Waals surface area contributed by atoms with Gasteiger partial charge in [0.25, 0.3) is 0 Å². The third-order valence-corrected chi connectivity index (χ3v) is 5.77. The lowest BCUT2D eigenvalue weighted by Gasteiger charge is -2.34. The molecule has 0 spiro atoms. The highest BCUT2D eigenvalue weighted by Crippen LogP contribution is 2.30. The summed E-state index contributed by atoms with van der Waals surface area (Å²) >= 11 is 0. The highest BCUT2D eigenvalue weighted by molar-refractivity contribution is 5.81. The van der Waals surface area contributed by atoms with Crippen molar-refractivity contribution >= 4 is 17.0 Å². The zero-order chi connectivity index (χ0) is 19.5. The predicted molar refractivity (Wildman–Crippen MR) is 110 cm³/mol. The standard InChI is InChI=1S/C23H27N3O2/c1-16(18-8-4-3-5-9-18)24-22(27)17(2)26-14-12-19(13-15-26)23-25-20-10-6-7-11-21(20)28-23/h3-11,16-17,19H,12-15H2,1-2H3,(H,24,27). The molecule has 0 aliphatic carbocycles. The lowest BCUT2D eigenvalue weighted by molar-refractivity contribution is -0.127. The third-order valence-electron chi connectivity index (χ3n) is 5.77. The molecule has 0 saturated carbocycles. The highest BCUT2D eigenvalue weighted by Gasteiger charge is 2.30. The Hall–Kier alpha value is -2.66. The summed E-state index contributed by atoms with van der Waals surface area (Å²) < 4.78 is 5.94. The Morgan fingerprint density at radius 3 is 2.46 bits per heavy atom. The van der Waals surface area contributed by atoms with Gasteiger partial charge in [0.2, 0.25) is 5.91 Å². The van der Waals surface area contributed by atoms with Gasteiger partial charge >= 0.3 is 0 Å². The number of hydrogen-bond donors (Lipinski definition) is 1. The fourth-order valence-corrected chi connectivity index (χ4v) is 3.92. The van der Waals surface area contributed by atoms with Gasteiger partial charge < -0.3 is 9.73 Å². The van der Waals surface area contributed by atoms with Gasteiger partial charge in [0, 0.05) is 5.92 Å². The molecule has 2 unspecified atom stereocenters. The Morgan fingerprint density at radius 1 is 1.07 bits per heavy atom. The van der Waals surface area contributed by atoms with Gasteiger partial charge in [-0.1, -0.05) is 42.5 Å². The summed E-state index contributed by atoms with van der Waals surface area (Å²) in [7, 11) is 0. The Bertz CT molecular complexity index is 896. The highest BCUT2D eigenvalue weighted by atomic mass is 16.3. The number of likely N-dealkylation sites (tertiary alicyclic amines) is 1. The van der Waals surface area contributed by atoms with Crippen LogP contribution in [-0.2, 0) is 4.79 Å². The van der Waals surface area contributed by atoms with Gasteiger partial charge in [-0.3, -0.25) is 9.69 Å². The van der Waals surface area contributed by atoms with Crippen molar-refractivity contribution in [3.8, 4) is 0 Å². The maximum absolute atomic E-state index is 12.7. The first-order valence-electron chi connectivity index (χ1n) is 10.1. The fraction of sp³-hybridized carbons (Fsp3) is 0.391. The number of aromatic nitrogens is 1. The van der Waals surface area contributed by atoms with Crippen LogP contribution in [0.5, 0.6) is 0 Å². The number of para-hydroxylation sites is 2. The topological polar surface area (TPSA) is 58.4 Å². The first-order chi connectivity index (χ1) is 13.6. The van der Waals surface area contributed by atoms with Crippen LogP contribution in [0.4, 0.5) is 0 Å². The van der Waals surface area contributed by atoms with Crippen LogP contribution in [-0.4, -0.2) is 34.9 Å². The van der Waals surface area contributed by atoms with Crippen LogP contribution in [0.2, 0.25) is 0 Å². The normalized spacial score (nSPS) is 18.1. The number of fused-ring (bicyclic) bond motifs is 1. The van der Waals surface area contributed by atoms with E-state index in [0.717, 1.165) is 48.5 Å². The monoisotopic (exact) mass is 377 g/mol. The van der Waals surface area contributed by atoms with Crippen molar-refractivity contribution in [2.75, 3.05) is 13.1 Å². The Morgan fingerprint density at radius 2 is 1.75 bits per heavy atom. The molecule has 1 amide bonds. The molecule has 0 radical (unpaired) electrons. The molecule has 3 aromatic rings. The summed E-state index contributed by atoms with van der Waals surface area (Å²) in [5.74, 6) is 1.23. The maximum atomic E-state index is 12.7. The molecule has 1 aromatic heterocycles. The van der Waals surface area contributed by atoms with Crippen molar-refractivity contribution < 1.29 is 9.21 Å². The van der Waals surface area contributed by atoms with E-state index in [0.29, 0.717) is 5.92 Å². The van der Waals surface area contributed by atoms with Crippen LogP contribution in [0.3, 0.4) is 0 Å². The first-order valence-corrected chi connectivity index (χ1v) is 10.1. The minimum absolute atomic E-state index is 0.00781. The number of carbonyl (C=O) groups is 1. The van der Waals surface area contributed by atoms with Crippen molar-refractivity contribution in [3.63, 3.8) is 0 Å². The summed E-state index contributed by atoms with van der Waals surface area (Å²) in [4.78, 5) is 19.6. The molecule has 5 heteroatoms. The number of hydrogen-bond acceptors (Lipinski definition) is 4. The Kier molecular flexibility index (Phi) is 5.44. The fourth-order valence-electron chi connectivity index (χ4n) is 3.92. The van der Waals surface area contributed by atoms with Crippen molar-refractivity contribution in [1.29, 1.82) is 0 Å². The second kappa shape index (κ2) is 8.15. The lowest BCUT2D eigenvalue weighted by atomic mass is 9.95. The van der Waals surface area contributed by atoms with Crippen molar-refractivity contribution in [2.45, 2.75) is 44.7 Å². The smallest absolute Gasteiger partial charge is 0.237 e. The number of nitrogens with zero attached hydrogens (tertiary/aromatic N) is 2. The minimum Gasteiger partial charge on any atom is -0.440 e. The van der Waals surface area contributed by atoms with Crippen LogP contribution in [0.15, 0.2) is 59.0 Å². The quantitative estimate of drug-likeness (QED) is 0.721. The van der Waals surface area contributed by atoms with Gasteiger partial charge in [0.15, 0.2) is 11.5 Å². The molecule has 1 N–H and O–H groups in total. The number of piperidine rings is 1. The number of rotatable bonds is 5. The van der Waals surface area contributed by atoms with Gasteiger partial charge in [0.1, 0.15) is 5.52 Å². The van der Waals surface area contributed by atoms with Crippen molar-refractivity contribution in [1.82, 2.24) is 15.2 Å². The molecule has 2 atom stereocenters. The van der Waals surface area contributed by atoms with Gasteiger partial charge in [-0.2, -0.15) is 0 Å². The maximum Gasteiger partial charge on any atom is 0.237 e. The predicted octanol–water partition coefficient (Wildman–Crippen LogP) is 4.27. The molecule has 1 aliphatic rings. The molecular formula is C23H27N3O2. The number of nitrogens with one attached hydrogen (secondary N) is 1. The number of carbonyl (C=O) groups excluding carboxylic acids is 1. The average Bonchev–Trinajstić information content (AvgIpc) is 3.18. The van der Waals surface area contributed by atoms with Crippen molar-refractivity contribution in [2.24, 2.45) is 0 Å². The second-order valence-electron chi connectivity index (χ2n) is 7.65.